The van der Waals surface area contributed by atoms with E-state index in [1.54, 1.807) is 12.1 Å². The fourth-order valence-electron chi connectivity index (χ4n) is 1.26. The molecule has 0 spiro atoms. The van der Waals surface area contributed by atoms with Gasteiger partial charge in [0.25, 0.3) is 0 Å². The van der Waals surface area contributed by atoms with Crippen molar-refractivity contribution >= 4 is 35.6 Å². The summed E-state index contributed by atoms with van der Waals surface area (Å²) in [6, 6.07) is 5.35. The second kappa shape index (κ2) is 7.13. The number of rotatable bonds is 4. The maximum Gasteiger partial charge on any atom is 0.0468 e. The molecule has 0 unspecified atom stereocenters. The van der Waals surface area contributed by atoms with Gasteiger partial charge in [-0.3, -0.25) is 0 Å². The highest BCUT2D eigenvalue weighted by molar-refractivity contribution is 6.35. The van der Waals surface area contributed by atoms with Crippen molar-refractivity contribution < 1.29 is 0 Å². The van der Waals surface area contributed by atoms with Crippen LogP contribution in [-0.4, -0.2) is 0 Å². The van der Waals surface area contributed by atoms with Crippen LogP contribution in [0.5, 0.6) is 0 Å². The molecule has 0 aliphatic heterocycles. The molecule has 0 fully saturated rings. The van der Waals surface area contributed by atoms with Crippen LogP contribution in [0.4, 0.5) is 0 Å². The number of benzene rings is 1. The average Bonchev–Trinajstić information content (AvgIpc) is 2.14. The smallest absolute Gasteiger partial charge is 0.0468 e. The Kier molecular flexibility index (Phi) is 7.03. The molecule has 0 saturated heterocycles. The SMILES string of the molecule is C=CCC[C@H](N)c1ccc(Cl)cc1Cl.Cl. The van der Waals surface area contributed by atoms with Gasteiger partial charge < -0.3 is 5.73 Å². The molecule has 0 aromatic heterocycles. The molecule has 15 heavy (non-hydrogen) atoms. The molecule has 2 N–H and O–H groups in total. The molecule has 0 saturated carbocycles. The molecule has 0 radical (unpaired) electrons. The van der Waals surface area contributed by atoms with E-state index in [-0.39, 0.29) is 18.4 Å². The maximum absolute atomic E-state index is 6.01. The summed E-state index contributed by atoms with van der Waals surface area (Å²) in [6.07, 6.45) is 3.59. The van der Waals surface area contributed by atoms with Gasteiger partial charge in [-0.2, -0.15) is 0 Å². The Bertz CT molecular complexity index is 326. The fourth-order valence-corrected chi connectivity index (χ4v) is 1.80. The van der Waals surface area contributed by atoms with Crippen molar-refractivity contribution in [3.8, 4) is 0 Å². The van der Waals surface area contributed by atoms with E-state index in [0.29, 0.717) is 10.0 Å². The first-order valence-corrected chi connectivity index (χ1v) is 5.22. The Morgan fingerprint density at radius 3 is 2.60 bits per heavy atom. The van der Waals surface area contributed by atoms with Gasteiger partial charge in [0.2, 0.25) is 0 Å². The Morgan fingerprint density at radius 2 is 2.07 bits per heavy atom. The first kappa shape index (κ1) is 14.8. The monoisotopic (exact) mass is 265 g/mol. The Labute approximate surface area is 107 Å². The summed E-state index contributed by atoms with van der Waals surface area (Å²) >= 11 is 11.8. The van der Waals surface area contributed by atoms with Crippen molar-refractivity contribution in [3.63, 3.8) is 0 Å². The van der Waals surface area contributed by atoms with E-state index in [1.807, 2.05) is 12.1 Å². The third kappa shape index (κ3) is 4.43. The van der Waals surface area contributed by atoms with Gasteiger partial charge >= 0.3 is 0 Å². The zero-order valence-corrected chi connectivity index (χ0v) is 10.6. The van der Waals surface area contributed by atoms with Crippen molar-refractivity contribution in [2.45, 2.75) is 18.9 Å². The number of allylic oxidation sites excluding steroid dienone is 1. The molecule has 1 atom stereocenters. The number of halogens is 3. The predicted molar refractivity (Wildman–Crippen MR) is 70.1 cm³/mol. The molecule has 1 nitrogen and oxygen atoms in total. The van der Waals surface area contributed by atoms with Crippen LogP contribution in [0.1, 0.15) is 24.4 Å². The summed E-state index contributed by atoms with van der Waals surface area (Å²) in [4.78, 5) is 0. The van der Waals surface area contributed by atoms with Crippen molar-refractivity contribution in [1.29, 1.82) is 0 Å². The van der Waals surface area contributed by atoms with E-state index >= 15 is 0 Å². The van der Waals surface area contributed by atoms with Gasteiger partial charge in [-0.1, -0.05) is 35.3 Å². The third-order valence-corrected chi connectivity index (χ3v) is 2.61. The standard InChI is InChI=1S/C11H13Cl2N.ClH/c1-2-3-4-11(14)9-6-5-8(12)7-10(9)13;/h2,5-7,11H,1,3-4,14H2;1H/t11-;/m0./s1. The summed E-state index contributed by atoms with van der Waals surface area (Å²) in [5.74, 6) is 0. The zero-order valence-electron chi connectivity index (χ0n) is 8.25. The van der Waals surface area contributed by atoms with Crippen LogP contribution in [0.25, 0.3) is 0 Å². The third-order valence-electron chi connectivity index (χ3n) is 2.04. The molecular weight excluding hydrogens is 252 g/mol. The molecule has 0 aliphatic carbocycles. The number of hydrogen-bond acceptors (Lipinski definition) is 1. The van der Waals surface area contributed by atoms with Gasteiger partial charge in [-0.15, -0.1) is 19.0 Å². The highest BCUT2D eigenvalue weighted by atomic mass is 35.5. The molecule has 1 aromatic rings. The van der Waals surface area contributed by atoms with E-state index < -0.39 is 0 Å². The van der Waals surface area contributed by atoms with Crippen LogP contribution in [0.15, 0.2) is 30.9 Å². The quantitative estimate of drug-likeness (QED) is 0.804. The molecule has 1 rings (SSSR count). The first-order chi connectivity index (χ1) is 6.65. The van der Waals surface area contributed by atoms with E-state index in [0.717, 1.165) is 18.4 Å². The lowest BCUT2D eigenvalue weighted by Crippen LogP contribution is -2.10. The van der Waals surface area contributed by atoms with E-state index in [4.69, 9.17) is 28.9 Å². The highest BCUT2D eigenvalue weighted by Gasteiger charge is 2.09. The fraction of sp³-hybridized carbons (Fsp3) is 0.273. The molecule has 0 amide bonds. The van der Waals surface area contributed by atoms with Gasteiger partial charge in [0.05, 0.1) is 0 Å². The van der Waals surface area contributed by atoms with Gasteiger partial charge in [0.1, 0.15) is 0 Å². The summed E-state index contributed by atoms with van der Waals surface area (Å²) in [7, 11) is 0. The first-order valence-electron chi connectivity index (χ1n) is 4.46. The lowest BCUT2D eigenvalue weighted by atomic mass is 10.0. The van der Waals surface area contributed by atoms with Crippen molar-refractivity contribution in [2.24, 2.45) is 5.73 Å². The van der Waals surface area contributed by atoms with Gasteiger partial charge in [-0.05, 0) is 30.5 Å². The average molecular weight is 267 g/mol. The van der Waals surface area contributed by atoms with Crippen molar-refractivity contribution in [2.75, 3.05) is 0 Å². The zero-order chi connectivity index (χ0) is 10.6. The summed E-state index contributed by atoms with van der Waals surface area (Å²) in [5, 5.41) is 1.27. The Hall–Kier alpha value is -0.210. The Balaban J connectivity index is 0.00000196. The minimum atomic E-state index is -0.0437. The lowest BCUT2D eigenvalue weighted by molar-refractivity contribution is 0.662. The number of nitrogens with two attached hydrogens (primary N) is 1. The van der Waals surface area contributed by atoms with Gasteiger partial charge in [0.15, 0.2) is 0 Å². The van der Waals surface area contributed by atoms with Crippen molar-refractivity contribution in [1.82, 2.24) is 0 Å². The predicted octanol–water partition coefficient (Wildman–Crippen LogP) is 4.38. The minimum absolute atomic E-state index is 0. The van der Waals surface area contributed by atoms with Crippen LogP contribution in [0.3, 0.4) is 0 Å². The van der Waals surface area contributed by atoms with Crippen LogP contribution in [-0.2, 0) is 0 Å². The lowest BCUT2D eigenvalue weighted by Gasteiger charge is -2.12. The second-order valence-corrected chi connectivity index (χ2v) is 3.98. The summed E-state index contributed by atoms with van der Waals surface area (Å²) < 4.78 is 0. The second-order valence-electron chi connectivity index (χ2n) is 3.14. The van der Waals surface area contributed by atoms with E-state index in [9.17, 15) is 0 Å². The van der Waals surface area contributed by atoms with Crippen LogP contribution >= 0.6 is 35.6 Å². The minimum Gasteiger partial charge on any atom is -0.324 e. The summed E-state index contributed by atoms with van der Waals surface area (Å²) in [6.45, 7) is 3.65. The van der Waals surface area contributed by atoms with Gasteiger partial charge in [0, 0.05) is 16.1 Å². The Morgan fingerprint density at radius 1 is 1.40 bits per heavy atom. The summed E-state index contributed by atoms with van der Waals surface area (Å²) in [5.41, 5.74) is 6.90. The molecule has 4 heteroatoms. The molecule has 0 heterocycles. The molecule has 0 bridgehead atoms. The molecule has 84 valence electrons. The van der Waals surface area contributed by atoms with E-state index in [2.05, 4.69) is 6.58 Å². The largest absolute Gasteiger partial charge is 0.324 e. The number of hydrogen-bond donors (Lipinski definition) is 1. The van der Waals surface area contributed by atoms with Crippen LogP contribution in [0, 0.1) is 0 Å². The molecule has 1 aromatic carbocycles. The topological polar surface area (TPSA) is 26.0 Å². The normalized spacial score (nSPS) is 11.7. The molecule has 0 aliphatic rings. The van der Waals surface area contributed by atoms with Gasteiger partial charge in [-0.25, -0.2) is 0 Å². The van der Waals surface area contributed by atoms with Crippen LogP contribution in [0.2, 0.25) is 10.0 Å². The van der Waals surface area contributed by atoms with Crippen molar-refractivity contribution in [3.05, 3.63) is 46.5 Å². The van der Waals surface area contributed by atoms with Crippen LogP contribution < -0.4 is 5.73 Å². The van der Waals surface area contributed by atoms with E-state index in [1.165, 1.54) is 0 Å². The molecular formula is C11H14Cl3N. The maximum atomic E-state index is 6.01. The highest BCUT2D eigenvalue weighted by Crippen LogP contribution is 2.27.